The van der Waals surface area contributed by atoms with Crippen LogP contribution in [-0.4, -0.2) is 32.7 Å². The van der Waals surface area contributed by atoms with Crippen molar-refractivity contribution in [2.45, 2.75) is 38.5 Å². The zero-order valence-electron chi connectivity index (χ0n) is 12.6. The number of hydrogen-bond donors (Lipinski definition) is 1. The van der Waals surface area contributed by atoms with Gasteiger partial charge in [0.1, 0.15) is 6.33 Å². The van der Waals surface area contributed by atoms with Gasteiger partial charge in [0, 0.05) is 12.1 Å². The highest BCUT2D eigenvalue weighted by molar-refractivity contribution is 5.94. The summed E-state index contributed by atoms with van der Waals surface area (Å²) in [4.78, 5) is 12.2. The molecule has 1 heterocycles. The van der Waals surface area contributed by atoms with Crippen molar-refractivity contribution < 1.29 is 4.79 Å². The van der Waals surface area contributed by atoms with Crippen LogP contribution < -0.4 is 5.32 Å². The number of amides is 1. The average molecular weight is 299 g/mol. The van der Waals surface area contributed by atoms with Gasteiger partial charge in [-0.2, -0.15) is 0 Å². The smallest absolute Gasteiger partial charge is 0.251 e. The first-order valence-electron chi connectivity index (χ1n) is 7.94. The number of aromatic nitrogens is 4. The van der Waals surface area contributed by atoms with E-state index >= 15 is 0 Å². The summed E-state index contributed by atoms with van der Waals surface area (Å²) >= 11 is 0. The fraction of sp³-hybridized carbons (Fsp3) is 0.500. The zero-order valence-corrected chi connectivity index (χ0v) is 12.6. The molecule has 6 heteroatoms. The Labute approximate surface area is 129 Å². The van der Waals surface area contributed by atoms with Crippen molar-refractivity contribution in [1.29, 1.82) is 0 Å². The topological polar surface area (TPSA) is 72.7 Å². The summed E-state index contributed by atoms with van der Waals surface area (Å²) in [6.07, 6.45) is 9.28. The third-order valence-electron chi connectivity index (χ3n) is 4.27. The van der Waals surface area contributed by atoms with Crippen LogP contribution in [0.2, 0.25) is 0 Å². The van der Waals surface area contributed by atoms with E-state index in [2.05, 4.69) is 20.8 Å². The molecule has 3 rings (SSSR count). The fourth-order valence-electron chi connectivity index (χ4n) is 3.06. The summed E-state index contributed by atoms with van der Waals surface area (Å²) in [5, 5.41) is 14.0. The Kier molecular flexibility index (Phi) is 4.78. The summed E-state index contributed by atoms with van der Waals surface area (Å²) < 4.78 is 1.54. The molecule has 1 aliphatic carbocycles. The first kappa shape index (κ1) is 14.7. The molecule has 0 unspecified atom stereocenters. The first-order valence-corrected chi connectivity index (χ1v) is 7.94. The van der Waals surface area contributed by atoms with E-state index in [9.17, 15) is 4.79 Å². The van der Waals surface area contributed by atoms with E-state index < -0.39 is 0 Å². The fourth-order valence-corrected chi connectivity index (χ4v) is 3.06. The second-order valence-corrected chi connectivity index (χ2v) is 5.85. The van der Waals surface area contributed by atoms with Gasteiger partial charge in [-0.1, -0.05) is 31.7 Å². The number of hydrogen-bond acceptors (Lipinski definition) is 4. The predicted molar refractivity (Wildman–Crippen MR) is 82.7 cm³/mol. The van der Waals surface area contributed by atoms with Crippen LogP contribution in [0.25, 0.3) is 5.69 Å². The van der Waals surface area contributed by atoms with Gasteiger partial charge in [0.2, 0.25) is 0 Å². The van der Waals surface area contributed by atoms with E-state index in [0.717, 1.165) is 24.6 Å². The normalized spacial score (nSPS) is 15.1. The molecule has 1 saturated carbocycles. The summed E-state index contributed by atoms with van der Waals surface area (Å²) in [5.74, 6) is 0.835. The minimum atomic E-state index is -0.0404. The van der Waals surface area contributed by atoms with Crippen LogP contribution in [0.15, 0.2) is 30.6 Å². The molecule has 0 aliphatic heterocycles. The second kappa shape index (κ2) is 7.15. The van der Waals surface area contributed by atoms with Gasteiger partial charge in [0.15, 0.2) is 0 Å². The number of rotatable bonds is 6. The van der Waals surface area contributed by atoms with Crippen LogP contribution in [0.5, 0.6) is 0 Å². The van der Waals surface area contributed by atoms with E-state index in [-0.39, 0.29) is 5.91 Å². The highest BCUT2D eigenvalue weighted by atomic mass is 16.1. The van der Waals surface area contributed by atoms with E-state index in [0.29, 0.717) is 5.56 Å². The zero-order chi connectivity index (χ0) is 15.2. The maximum atomic E-state index is 12.2. The maximum Gasteiger partial charge on any atom is 0.251 e. The SMILES string of the molecule is O=C(NCCCC1CCCC1)c1cccc(-n2cnnn2)c1. The van der Waals surface area contributed by atoms with Gasteiger partial charge in [-0.05, 0) is 47.4 Å². The van der Waals surface area contributed by atoms with E-state index in [1.54, 1.807) is 12.1 Å². The van der Waals surface area contributed by atoms with Crippen LogP contribution in [0.4, 0.5) is 0 Å². The van der Waals surface area contributed by atoms with Crippen molar-refractivity contribution in [2.24, 2.45) is 5.92 Å². The molecule has 0 atom stereocenters. The third kappa shape index (κ3) is 3.69. The van der Waals surface area contributed by atoms with Gasteiger partial charge in [-0.15, -0.1) is 5.10 Å². The summed E-state index contributed by atoms with van der Waals surface area (Å²) in [6.45, 7) is 0.741. The maximum absolute atomic E-state index is 12.2. The Hall–Kier alpha value is -2.24. The van der Waals surface area contributed by atoms with Crippen LogP contribution >= 0.6 is 0 Å². The molecule has 22 heavy (non-hydrogen) atoms. The van der Waals surface area contributed by atoms with Gasteiger partial charge < -0.3 is 5.32 Å². The van der Waals surface area contributed by atoms with Crippen molar-refractivity contribution >= 4 is 5.91 Å². The lowest BCUT2D eigenvalue weighted by molar-refractivity contribution is 0.0952. The number of carbonyl (C=O) groups excluding carboxylic acids is 1. The lowest BCUT2D eigenvalue weighted by atomic mass is 10.0. The Balaban J connectivity index is 1.50. The number of carbonyl (C=O) groups is 1. The molecular formula is C16H21N5O. The minimum absolute atomic E-state index is 0.0404. The van der Waals surface area contributed by atoms with Crippen LogP contribution in [-0.2, 0) is 0 Å². The van der Waals surface area contributed by atoms with Crippen molar-refractivity contribution in [1.82, 2.24) is 25.5 Å². The summed E-state index contributed by atoms with van der Waals surface area (Å²) in [5.41, 5.74) is 1.41. The van der Waals surface area contributed by atoms with Gasteiger partial charge in [0.05, 0.1) is 5.69 Å². The van der Waals surface area contributed by atoms with Gasteiger partial charge >= 0.3 is 0 Å². The Morgan fingerprint density at radius 3 is 2.95 bits per heavy atom. The van der Waals surface area contributed by atoms with E-state index in [1.807, 2.05) is 12.1 Å². The molecule has 1 fully saturated rings. The molecule has 1 N–H and O–H groups in total. The Bertz CT molecular complexity index is 605. The standard InChI is InChI=1S/C16H21N5O/c22-16(17-10-4-7-13-5-1-2-6-13)14-8-3-9-15(11-14)21-12-18-19-20-21/h3,8-9,11-13H,1-2,4-7,10H2,(H,17,22). The number of nitrogens with zero attached hydrogens (tertiary/aromatic N) is 4. The molecule has 116 valence electrons. The molecule has 0 bridgehead atoms. The van der Waals surface area contributed by atoms with Crippen molar-refractivity contribution in [2.75, 3.05) is 6.54 Å². The minimum Gasteiger partial charge on any atom is -0.352 e. The van der Waals surface area contributed by atoms with Crippen LogP contribution in [0.3, 0.4) is 0 Å². The van der Waals surface area contributed by atoms with E-state index in [4.69, 9.17) is 0 Å². The highest BCUT2D eigenvalue weighted by Crippen LogP contribution is 2.28. The molecule has 6 nitrogen and oxygen atoms in total. The quantitative estimate of drug-likeness (QED) is 0.831. The molecule has 1 aromatic carbocycles. The third-order valence-corrected chi connectivity index (χ3v) is 4.27. The molecule has 2 aromatic rings. The number of benzene rings is 1. The van der Waals surface area contributed by atoms with Crippen molar-refractivity contribution in [3.8, 4) is 5.69 Å². The van der Waals surface area contributed by atoms with Crippen LogP contribution in [0.1, 0.15) is 48.9 Å². The van der Waals surface area contributed by atoms with Crippen LogP contribution in [0, 0.1) is 5.92 Å². The molecule has 0 saturated heterocycles. The van der Waals surface area contributed by atoms with Gasteiger partial charge in [0.25, 0.3) is 5.91 Å². The molecule has 0 radical (unpaired) electrons. The molecular weight excluding hydrogens is 278 g/mol. The molecule has 0 spiro atoms. The van der Waals surface area contributed by atoms with Gasteiger partial charge in [-0.25, -0.2) is 4.68 Å². The monoisotopic (exact) mass is 299 g/mol. The van der Waals surface area contributed by atoms with Crippen molar-refractivity contribution in [3.05, 3.63) is 36.2 Å². The summed E-state index contributed by atoms with van der Waals surface area (Å²) in [6, 6.07) is 7.31. The number of nitrogens with one attached hydrogen (secondary N) is 1. The molecule has 1 amide bonds. The molecule has 1 aromatic heterocycles. The van der Waals surface area contributed by atoms with Crippen molar-refractivity contribution in [3.63, 3.8) is 0 Å². The summed E-state index contributed by atoms with van der Waals surface area (Å²) in [7, 11) is 0. The number of tetrazole rings is 1. The molecule has 1 aliphatic rings. The first-order chi connectivity index (χ1) is 10.8. The predicted octanol–water partition coefficient (Wildman–Crippen LogP) is 2.36. The second-order valence-electron chi connectivity index (χ2n) is 5.85. The van der Waals surface area contributed by atoms with E-state index in [1.165, 1.54) is 43.1 Å². The lowest BCUT2D eigenvalue weighted by Gasteiger charge is -2.10. The largest absolute Gasteiger partial charge is 0.352 e. The Morgan fingerprint density at radius 1 is 1.32 bits per heavy atom. The lowest BCUT2D eigenvalue weighted by Crippen LogP contribution is -2.24. The van der Waals surface area contributed by atoms with Gasteiger partial charge in [-0.3, -0.25) is 4.79 Å². The highest BCUT2D eigenvalue weighted by Gasteiger charge is 2.14. The average Bonchev–Trinajstić information content (AvgIpc) is 3.24. The Morgan fingerprint density at radius 2 is 2.18 bits per heavy atom.